The Morgan fingerprint density at radius 3 is 3.09 bits per heavy atom. The van der Waals surface area contributed by atoms with Gasteiger partial charge in [-0.15, -0.1) is 0 Å². The summed E-state index contributed by atoms with van der Waals surface area (Å²) < 4.78 is 7.85. The summed E-state index contributed by atoms with van der Waals surface area (Å²) in [4.78, 5) is 11.2. The first-order chi connectivity index (χ1) is 11.2. The molecular weight excluding hydrogens is 312 g/mol. The number of nitrogens with zero attached hydrogens (tertiary/aromatic N) is 4. The van der Waals surface area contributed by atoms with Crippen molar-refractivity contribution in [1.82, 2.24) is 9.97 Å². The second-order valence-electron chi connectivity index (χ2n) is 5.65. The van der Waals surface area contributed by atoms with Gasteiger partial charge < -0.3 is 9.32 Å². The number of aromatic nitrogens is 3. The maximum absolute atomic E-state index is 6.09. The van der Waals surface area contributed by atoms with Crippen LogP contribution in [0.2, 0.25) is 5.02 Å². The van der Waals surface area contributed by atoms with Crippen molar-refractivity contribution in [2.75, 3.05) is 11.4 Å². The van der Waals surface area contributed by atoms with Crippen LogP contribution in [0.1, 0.15) is 11.5 Å². The number of benzene rings is 1. The normalized spacial score (nSPS) is 13.9. The Kier molecular flexibility index (Phi) is 3.50. The largest absolute Gasteiger partial charge is 0.439 e. The molecule has 4 rings (SSSR count). The maximum Gasteiger partial charge on any atom is 0.251 e. The predicted octanol–water partition coefficient (Wildman–Crippen LogP) is 2.78. The maximum atomic E-state index is 6.09. The van der Waals surface area contributed by atoms with Crippen molar-refractivity contribution in [3.63, 3.8) is 0 Å². The molecule has 0 radical (unpaired) electrons. The van der Waals surface area contributed by atoms with Crippen LogP contribution in [0.4, 0.5) is 5.69 Å². The zero-order valence-corrected chi connectivity index (χ0v) is 13.5. The van der Waals surface area contributed by atoms with E-state index in [1.165, 1.54) is 0 Å². The molecule has 0 saturated carbocycles. The van der Waals surface area contributed by atoms with E-state index < -0.39 is 0 Å². The van der Waals surface area contributed by atoms with E-state index in [1.54, 1.807) is 6.20 Å². The molecule has 3 aromatic rings. The number of anilines is 1. The lowest BCUT2D eigenvalue weighted by Gasteiger charge is -2.27. The van der Waals surface area contributed by atoms with Crippen molar-refractivity contribution in [3.05, 3.63) is 59.3 Å². The van der Waals surface area contributed by atoms with Crippen molar-refractivity contribution in [1.29, 1.82) is 0 Å². The summed E-state index contributed by atoms with van der Waals surface area (Å²) >= 11 is 6.09. The van der Waals surface area contributed by atoms with E-state index in [0.29, 0.717) is 5.89 Å². The molecule has 0 fully saturated rings. The zero-order valence-electron chi connectivity index (χ0n) is 12.7. The lowest BCUT2D eigenvalue weighted by Crippen LogP contribution is -2.30. The third-order valence-electron chi connectivity index (χ3n) is 3.96. The molecule has 0 saturated heterocycles. The van der Waals surface area contributed by atoms with Crippen molar-refractivity contribution < 1.29 is 8.98 Å². The highest BCUT2D eigenvalue weighted by atomic mass is 35.5. The Morgan fingerprint density at radius 1 is 1.35 bits per heavy atom. The summed E-state index contributed by atoms with van der Waals surface area (Å²) in [6, 6.07) is 7.90. The Hall–Kier alpha value is -2.40. The lowest BCUT2D eigenvalue weighted by atomic mass is 10.1. The Bertz CT molecular complexity index is 861. The van der Waals surface area contributed by atoms with Crippen LogP contribution in [-0.4, -0.2) is 16.5 Å². The van der Waals surface area contributed by atoms with Crippen molar-refractivity contribution in [3.8, 4) is 11.6 Å². The van der Waals surface area contributed by atoms with Gasteiger partial charge in [0.15, 0.2) is 18.1 Å². The number of hydrogen-bond acceptors (Lipinski definition) is 4. The molecule has 23 heavy (non-hydrogen) atoms. The smallest absolute Gasteiger partial charge is 0.251 e. The van der Waals surface area contributed by atoms with E-state index >= 15 is 0 Å². The second-order valence-corrected chi connectivity index (χ2v) is 6.08. The van der Waals surface area contributed by atoms with Crippen LogP contribution in [0, 0.1) is 0 Å². The average Bonchev–Trinajstić information content (AvgIpc) is 2.98. The summed E-state index contributed by atoms with van der Waals surface area (Å²) in [5.41, 5.74) is 2.83. The minimum Gasteiger partial charge on any atom is -0.439 e. The van der Waals surface area contributed by atoms with Crippen molar-refractivity contribution >= 4 is 17.3 Å². The van der Waals surface area contributed by atoms with Crippen LogP contribution in [0.3, 0.4) is 0 Å². The number of hydrogen-bond donors (Lipinski definition) is 0. The Morgan fingerprint density at radius 2 is 2.26 bits per heavy atom. The second kappa shape index (κ2) is 5.66. The minimum absolute atomic E-state index is 0.583. The Labute approximate surface area is 139 Å². The van der Waals surface area contributed by atoms with Crippen LogP contribution in [-0.2, 0) is 20.0 Å². The monoisotopic (exact) mass is 327 g/mol. The number of oxazole rings is 1. The number of rotatable bonds is 2. The number of aryl methyl sites for hydroxylation is 1. The molecule has 1 aliphatic heterocycles. The quantitative estimate of drug-likeness (QED) is 0.679. The number of fused-ring (bicyclic) bond motifs is 1. The summed E-state index contributed by atoms with van der Waals surface area (Å²) in [6.45, 7) is 1.61. The molecule has 0 N–H and O–H groups in total. The molecular formula is C17H16ClN4O+. The molecule has 6 heteroatoms. The van der Waals surface area contributed by atoms with E-state index in [2.05, 4.69) is 20.9 Å². The topological polar surface area (TPSA) is 46.0 Å². The van der Waals surface area contributed by atoms with Crippen LogP contribution in [0.5, 0.6) is 0 Å². The zero-order chi connectivity index (χ0) is 15.8. The van der Waals surface area contributed by atoms with Gasteiger partial charge in [-0.05, 0) is 18.2 Å². The summed E-state index contributed by atoms with van der Waals surface area (Å²) in [5.74, 6) is 1.53. The van der Waals surface area contributed by atoms with Crippen LogP contribution in [0.15, 0.2) is 47.3 Å². The first-order valence-electron chi connectivity index (χ1n) is 7.50. The van der Waals surface area contributed by atoms with Crippen LogP contribution < -0.4 is 9.47 Å². The molecule has 0 bridgehead atoms. The van der Waals surface area contributed by atoms with Gasteiger partial charge >= 0.3 is 0 Å². The van der Waals surface area contributed by atoms with Gasteiger partial charge in [0.1, 0.15) is 18.5 Å². The molecule has 5 nitrogen and oxygen atoms in total. The molecule has 2 aromatic heterocycles. The van der Waals surface area contributed by atoms with Gasteiger partial charge in [0.2, 0.25) is 0 Å². The fourth-order valence-electron chi connectivity index (χ4n) is 2.80. The summed E-state index contributed by atoms with van der Waals surface area (Å²) in [5, 5.41) is 0.745. The molecule has 0 unspecified atom stereocenters. The third kappa shape index (κ3) is 2.80. The standard InChI is InChI=1S/C17H16ClN4O/c1-21-8-6-19-15(10-21)17-20-14-11-22(7-5-16(14)23-17)13-4-2-3-12(18)9-13/h2-4,6,8-10H,5,7,11H2,1H3/q+1. The molecule has 0 spiro atoms. The molecule has 0 amide bonds. The van der Waals surface area contributed by atoms with Gasteiger partial charge in [0, 0.05) is 23.7 Å². The van der Waals surface area contributed by atoms with Crippen molar-refractivity contribution in [2.45, 2.75) is 13.0 Å². The molecule has 0 atom stereocenters. The summed E-state index contributed by atoms with van der Waals surface area (Å²) in [6.07, 6.45) is 6.36. The fraction of sp³-hybridized carbons (Fsp3) is 0.235. The lowest BCUT2D eigenvalue weighted by molar-refractivity contribution is -0.671. The first-order valence-corrected chi connectivity index (χ1v) is 7.87. The molecule has 1 aromatic carbocycles. The molecule has 1 aliphatic rings. The van der Waals surface area contributed by atoms with Gasteiger partial charge in [-0.25, -0.2) is 14.5 Å². The van der Waals surface area contributed by atoms with Crippen LogP contribution in [0.25, 0.3) is 11.6 Å². The minimum atomic E-state index is 0.583. The van der Waals surface area contributed by atoms with Gasteiger partial charge in [-0.1, -0.05) is 17.7 Å². The predicted molar refractivity (Wildman–Crippen MR) is 87.1 cm³/mol. The molecule has 0 aliphatic carbocycles. The van der Waals surface area contributed by atoms with E-state index in [4.69, 9.17) is 16.0 Å². The van der Waals surface area contributed by atoms with Crippen LogP contribution >= 0.6 is 11.6 Å². The van der Waals surface area contributed by atoms with Gasteiger partial charge in [0.05, 0.1) is 12.7 Å². The third-order valence-corrected chi connectivity index (χ3v) is 4.20. The number of halogens is 1. The fourth-order valence-corrected chi connectivity index (χ4v) is 2.98. The Balaban J connectivity index is 1.63. The first kappa shape index (κ1) is 14.2. The molecule has 116 valence electrons. The average molecular weight is 328 g/mol. The van der Waals surface area contributed by atoms with Gasteiger partial charge in [0.25, 0.3) is 5.89 Å². The van der Waals surface area contributed by atoms with E-state index in [-0.39, 0.29) is 0 Å². The van der Waals surface area contributed by atoms with E-state index in [9.17, 15) is 0 Å². The van der Waals surface area contributed by atoms with E-state index in [0.717, 1.165) is 47.4 Å². The molecule has 3 heterocycles. The van der Waals surface area contributed by atoms with E-state index in [1.807, 2.05) is 42.2 Å². The highest BCUT2D eigenvalue weighted by molar-refractivity contribution is 6.30. The van der Waals surface area contributed by atoms with Gasteiger partial charge in [-0.3, -0.25) is 0 Å². The summed E-state index contributed by atoms with van der Waals surface area (Å²) in [7, 11) is 1.95. The van der Waals surface area contributed by atoms with Gasteiger partial charge in [-0.2, -0.15) is 0 Å². The SMILES string of the molecule is C[n+]1ccnc(-c2nc3c(o2)CCN(c2cccc(Cl)c2)C3)c1. The highest BCUT2D eigenvalue weighted by Crippen LogP contribution is 2.28. The highest BCUT2D eigenvalue weighted by Gasteiger charge is 2.24. The van der Waals surface area contributed by atoms with Crippen molar-refractivity contribution in [2.24, 2.45) is 7.05 Å².